The fraction of sp³-hybridized carbons (Fsp3) is 0.364. The molecule has 96 valence electrons. The van der Waals surface area contributed by atoms with Crippen LogP contribution in [0.3, 0.4) is 0 Å². The Labute approximate surface area is 109 Å². The number of nitrogens with zero attached hydrogens (tertiary/aromatic N) is 3. The highest BCUT2D eigenvalue weighted by molar-refractivity contribution is 7.17. The highest BCUT2D eigenvalue weighted by atomic mass is 32.1. The SMILES string of the molecule is Cc1nc(N)sc1C(=O)NCCCn1ccnc1. The van der Waals surface area contributed by atoms with Crippen molar-refractivity contribution >= 4 is 22.4 Å². The first-order valence-corrected chi connectivity index (χ1v) is 6.45. The largest absolute Gasteiger partial charge is 0.375 e. The fourth-order valence-corrected chi connectivity index (χ4v) is 2.34. The Morgan fingerprint density at radius 1 is 1.61 bits per heavy atom. The molecule has 0 saturated heterocycles. The molecule has 0 spiro atoms. The van der Waals surface area contributed by atoms with Crippen molar-refractivity contribution < 1.29 is 4.79 Å². The lowest BCUT2D eigenvalue weighted by Gasteiger charge is -2.04. The molecular weight excluding hydrogens is 250 g/mol. The van der Waals surface area contributed by atoms with E-state index < -0.39 is 0 Å². The zero-order valence-corrected chi connectivity index (χ0v) is 10.9. The third-order valence-corrected chi connectivity index (χ3v) is 3.44. The molecule has 2 rings (SSSR count). The number of hydrogen-bond donors (Lipinski definition) is 2. The van der Waals surface area contributed by atoms with Crippen molar-refractivity contribution in [3.63, 3.8) is 0 Å². The van der Waals surface area contributed by atoms with Gasteiger partial charge in [0.25, 0.3) is 5.91 Å². The number of amides is 1. The minimum Gasteiger partial charge on any atom is -0.375 e. The monoisotopic (exact) mass is 265 g/mol. The zero-order valence-electron chi connectivity index (χ0n) is 10.1. The second-order valence-corrected chi connectivity index (χ2v) is 4.91. The average Bonchev–Trinajstić information content (AvgIpc) is 2.94. The summed E-state index contributed by atoms with van der Waals surface area (Å²) in [5.41, 5.74) is 6.24. The van der Waals surface area contributed by atoms with E-state index in [1.807, 2.05) is 10.8 Å². The normalized spacial score (nSPS) is 10.5. The number of carbonyl (C=O) groups excluding carboxylic acids is 1. The lowest BCUT2D eigenvalue weighted by Crippen LogP contribution is -2.25. The van der Waals surface area contributed by atoms with E-state index in [0.29, 0.717) is 22.2 Å². The van der Waals surface area contributed by atoms with Crippen molar-refractivity contribution in [1.82, 2.24) is 19.9 Å². The van der Waals surface area contributed by atoms with Gasteiger partial charge in [0.2, 0.25) is 0 Å². The van der Waals surface area contributed by atoms with Crippen LogP contribution in [-0.4, -0.2) is 27.0 Å². The highest BCUT2D eigenvalue weighted by Gasteiger charge is 2.13. The molecule has 0 aromatic carbocycles. The van der Waals surface area contributed by atoms with Gasteiger partial charge < -0.3 is 15.6 Å². The molecule has 1 amide bonds. The second-order valence-electron chi connectivity index (χ2n) is 3.88. The van der Waals surface area contributed by atoms with Gasteiger partial charge in [0.05, 0.1) is 12.0 Å². The number of nitrogen functional groups attached to an aromatic ring is 1. The molecule has 0 aliphatic rings. The molecule has 0 radical (unpaired) electrons. The maximum absolute atomic E-state index is 11.8. The van der Waals surface area contributed by atoms with Gasteiger partial charge in [0.15, 0.2) is 5.13 Å². The third-order valence-electron chi connectivity index (χ3n) is 2.46. The first-order chi connectivity index (χ1) is 8.66. The first kappa shape index (κ1) is 12.6. The predicted octanol–water partition coefficient (Wildman–Crippen LogP) is 1.05. The smallest absolute Gasteiger partial charge is 0.263 e. The Morgan fingerprint density at radius 2 is 2.44 bits per heavy atom. The number of aryl methyl sites for hydroxylation is 2. The Morgan fingerprint density at radius 3 is 3.06 bits per heavy atom. The second kappa shape index (κ2) is 5.63. The number of carbonyl (C=O) groups is 1. The number of thiazole rings is 1. The molecule has 3 N–H and O–H groups in total. The molecule has 0 unspecified atom stereocenters. The molecule has 0 saturated carbocycles. The quantitative estimate of drug-likeness (QED) is 0.791. The number of rotatable bonds is 5. The molecule has 0 aliphatic heterocycles. The van der Waals surface area contributed by atoms with Crippen LogP contribution in [0.1, 0.15) is 21.8 Å². The number of anilines is 1. The van der Waals surface area contributed by atoms with Crippen LogP contribution in [0.25, 0.3) is 0 Å². The molecule has 2 heterocycles. The Kier molecular flexibility index (Phi) is 3.93. The highest BCUT2D eigenvalue weighted by Crippen LogP contribution is 2.19. The summed E-state index contributed by atoms with van der Waals surface area (Å²) in [6.45, 7) is 3.24. The van der Waals surface area contributed by atoms with E-state index >= 15 is 0 Å². The van der Waals surface area contributed by atoms with Gasteiger partial charge in [0.1, 0.15) is 4.88 Å². The van der Waals surface area contributed by atoms with Crippen LogP contribution in [-0.2, 0) is 6.54 Å². The standard InChI is InChI=1S/C11H15N5OS/c1-8-9(18-11(12)15-8)10(17)14-3-2-5-16-6-4-13-7-16/h4,6-7H,2-3,5H2,1H3,(H2,12,15)(H,14,17). The Balaban J connectivity index is 1.77. The molecule has 0 fully saturated rings. The third kappa shape index (κ3) is 3.07. The van der Waals surface area contributed by atoms with Crippen molar-refractivity contribution in [3.05, 3.63) is 29.3 Å². The zero-order chi connectivity index (χ0) is 13.0. The molecule has 0 atom stereocenters. The summed E-state index contributed by atoms with van der Waals surface area (Å²) in [7, 11) is 0. The van der Waals surface area contributed by atoms with E-state index in [0.717, 1.165) is 13.0 Å². The summed E-state index contributed by atoms with van der Waals surface area (Å²) in [5.74, 6) is -0.104. The van der Waals surface area contributed by atoms with Gasteiger partial charge in [-0.1, -0.05) is 11.3 Å². The van der Waals surface area contributed by atoms with E-state index in [1.54, 1.807) is 19.4 Å². The van der Waals surface area contributed by atoms with Crippen molar-refractivity contribution in [1.29, 1.82) is 0 Å². The van der Waals surface area contributed by atoms with Crippen LogP contribution in [0.4, 0.5) is 5.13 Å². The van der Waals surface area contributed by atoms with Gasteiger partial charge in [-0.3, -0.25) is 4.79 Å². The van der Waals surface area contributed by atoms with Gasteiger partial charge in [0, 0.05) is 25.5 Å². The minimum atomic E-state index is -0.104. The summed E-state index contributed by atoms with van der Waals surface area (Å²) in [4.78, 5) is 20.4. The summed E-state index contributed by atoms with van der Waals surface area (Å²) in [5, 5.41) is 3.28. The summed E-state index contributed by atoms with van der Waals surface area (Å²) >= 11 is 1.22. The van der Waals surface area contributed by atoms with Crippen LogP contribution in [0.2, 0.25) is 0 Å². The van der Waals surface area contributed by atoms with Gasteiger partial charge >= 0.3 is 0 Å². The van der Waals surface area contributed by atoms with Gasteiger partial charge in [-0.25, -0.2) is 9.97 Å². The lowest BCUT2D eigenvalue weighted by molar-refractivity contribution is 0.0956. The van der Waals surface area contributed by atoms with E-state index in [1.165, 1.54) is 11.3 Å². The first-order valence-electron chi connectivity index (χ1n) is 5.63. The number of imidazole rings is 1. The predicted molar refractivity (Wildman–Crippen MR) is 70.4 cm³/mol. The molecule has 6 nitrogen and oxygen atoms in total. The van der Waals surface area contributed by atoms with E-state index in [9.17, 15) is 4.79 Å². The van der Waals surface area contributed by atoms with Gasteiger partial charge in [-0.15, -0.1) is 0 Å². The molecule has 18 heavy (non-hydrogen) atoms. The Hall–Kier alpha value is -1.89. The molecule has 7 heteroatoms. The lowest BCUT2D eigenvalue weighted by atomic mass is 10.3. The molecule has 0 aliphatic carbocycles. The molecule has 2 aromatic rings. The van der Waals surface area contributed by atoms with Gasteiger partial charge in [-0.05, 0) is 13.3 Å². The summed E-state index contributed by atoms with van der Waals surface area (Å²) in [6, 6.07) is 0. The maximum atomic E-state index is 11.8. The van der Waals surface area contributed by atoms with Crippen LogP contribution < -0.4 is 11.1 Å². The summed E-state index contributed by atoms with van der Waals surface area (Å²) < 4.78 is 1.97. The number of aromatic nitrogens is 3. The average molecular weight is 265 g/mol. The summed E-state index contributed by atoms with van der Waals surface area (Å²) in [6.07, 6.45) is 6.25. The van der Waals surface area contributed by atoms with Crippen molar-refractivity contribution in [2.75, 3.05) is 12.3 Å². The van der Waals surface area contributed by atoms with Crippen molar-refractivity contribution in [3.8, 4) is 0 Å². The van der Waals surface area contributed by atoms with Crippen LogP contribution in [0.15, 0.2) is 18.7 Å². The van der Waals surface area contributed by atoms with E-state index in [-0.39, 0.29) is 5.91 Å². The number of nitrogens with one attached hydrogen (secondary N) is 1. The van der Waals surface area contributed by atoms with E-state index in [4.69, 9.17) is 5.73 Å². The number of hydrogen-bond acceptors (Lipinski definition) is 5. The van der Waals surface area contributed by atoms with E-state index in [2.05, 4.69) is 15.3 Å². The molecule has 2 aromatic heterocycles. The van der Waals surface area contributed by atoms with Crippen LogP contribution >= 0.6 is 11.3 Å². The molecular formula is C11H15N5OS. The van der Waals surface area contributed by atoms with Crippen molar-refractivity contribution in [2.24, 2.45) is 0 Å². The van der Waals surface area contributed by atoms with Crippen molar-refractivity contribution in [2.45, 2.75) is 19.9 Å². The maximum Gasteiger partial charge on any atom is 0.263 e. The Bertz CT molecular complexity index is 520. The fourth-order valence-electron chi connectivity index (χ4n) is 1.59. The topological polar surface area (TPSA) is 85.8 Å². The number of nitrogens with two attached hydrogens (primary N) is 1. The van der Waals surface area contributed by atoms with Crippen LogP contribution in [0.5, 0.6) is 0 Å². The van der Waals surface area contributed by atoms with Gasteiger partial charge in [-0.2, -0.15) is 0 Å². The minimum absolute atomic E-state index is 0.104. The molecule has 0 bridgehead atoms. The van der Waals surface area contributed by atoms with Crippen LogP contribution in [0, 0.1) is 6.92 Å².